The molecule has 0 spiro atoms. The van der Waals surface area contributed by atoms with Crippen molar-refractivity contribution in [3.8, 4) is 0 Å². The molecule has 196 valence electrons. The Morgan fingerprint density at radius 3 is 2.79 bits per heavy atom. The Bertz CT molecular complexity index is 1450. The minimum atomic E-state index is -0.809. The third-order valence-electron chi connectivity index (χ3n) is 6.57. The molecule has 1 saturated heterocycles. The first-order chi connectivity index (χ1) is 18.4. The number of nitrogens with zero attached hydrogens (tertiary/aromatic N) is 2. The van der Waals surface area contributed by atoms with Crippen LogP contribution in [0.3, 0.4) is 0 Å². The van der Waals surface area contributed by atoms with Crippen LogP contribution in [0.4, 0.5) is 4.39 Å². The number of fused-ring (bicyclic) bond motifs is 1. The summed E-state index contributed by atoms with van der Waals surface area (Å²) in [5.41, 5.74) is 3.60. The Kier molecular flexibility index (Phi) is 7.72. The monoisotopic (exact) mass is 535 g/mol. The number of pyridine rings is 1. The van der Waals surface area contributed by atoms with Crippen molar-refractivity contribution in [2.75, 3.05) is 26.3 Å². The largest absolute Gasteiger partial charge is 0.458 e. The van der Waals surface area contributed by atoms with Gasteiger partial charge < -0.3 is 19.4 Å². The molecule has 2 aromatic heterocycles. The normalized spacial score (nSPS) is 18.0. The van der Waals surface area contributed by atoms with Crippen molar-refractivity contribution >= 4 is 46.0 Å². The lowest BCUT2D eigenvalue weighted by Crippen LogP contribution is -2.44. The van der Waals surface area contributed by atoms with Gasteiger partial charge in [-0.15, -0.1) is 0 Å². The molecule has 9 heteroatoms. The first-order valence-electron chi connectivity index (χ1n) is 12.4. The van der Waals surface area contributed by atoms with Crippen LogP contribution in [0.15, 0.2) is 65.0 Å². The van der Waals surface area contributed by atoms with E-state index >= 15 is 4.39 Å². The lowest BCUT2D eigenvalue weighted by Gasteiger charge is -2.30. The fourth-order valence-corrected chi connectivity index (χ4v) is 4.76. The summed E-state index contributed by atoms with van der Waals surface area (Å²) >= 11 is 6.49. The van der Waals surface area contributed by atoms with Crippen molar-refractivity contribution in [1.82, 2.24) is 15.2 Å². The second-order valence-electron chi connectivity index (χ2n) is 9.29. The predicted octanol–water partition coefficient (Wildman–Crippen LogP) is 5.23. The zero-order valence-corrected chi connectivity index (χ0v) is 21.6. The van der Waals surface area contributed by atoms with Crippen LogP contribution in [-0.4, -0.2) is 48.0 Å². The molecule has 7 nitrogen and oxygen atoms in total. The van der Waals surface area contributed by atoms with Crippen LogP contribution < -0.4 is 5.32 Å². The number of amides is 2. The zero-order valence-electron chi connectivity index (χ0n) is 20.9. The molecule has 1 aliphatic carbocycles. The van der Waals surface area contributed by atoms with Crippen LogP contribution in [0.1, 0.15) is 29.0 Å². The average Bonchev–Trinajstić information content (AvgIpc) is 3.35. The number of carbonyl (C=O) groups excluding carboxylic acids is 2. The Labute approximate surface area is 224 Å². The predicted molar refractivity (Wildman–Crippen MR) is 144 cm³/mol. The Morgan fingerprint density at radius 2 is 2.05 bits per heavy atom. The van der Waals surface area contributed by atoms with Crippen LogP contribution in [0.25, 0.3) is 22.6 Å². The molecule has 0 saturated carbocycles. The summed E-state index contributed by atoms with van der Waals surface area (Å²) in [5.74, 6) is -1.21. The summed E-state index contributed by atoms with van der Waals surface area (Å²) in [6.07, 6.45) is 8.36. The summed E-state index contributed by atoms with van der Waals surface area (Å²) < 4.78 is 26.2. The van der Waals surface area contributed by atoms with E-state index in [1.54, 1.807) is 29.3 Å². The van der Waals surface area contributed by atoms with E-state index < -0.39 is 11.7 Å². The fraction of sp³-hybridized carbons (Fsp3) is 0.276. The molecule has 3 aromatic rings. The van der Waals surface area contributed by atoms with Gasteiger partial charge in [0.2, 0.25) is 11.8 Å². The van der Waals surface area contributed by atoms with Gasteiger partial charge in [0.25, 0.3) is 0 Å². The second-order valence-corrected chi connectivity index (χ2v) is 9.70. The van der Waals surface area contributed by atoms with E-state index in [0.717, 1.165) is 22.2 Å². The molecule has 1 aliphatic heterocycles. The van der Waals surface area contributed by atoms with Gasteiger partial charge in [0, 0.05) is 36.4 Å². The molecule has 0 radical (unpaired) electrons. The Balaban J connectivity index is 1.25. The number of hydrogen-bond donors (Lipinski definition) is 1. The molecular formula is C29H27ClFN3O4. The highest BCUT2D eigenvalue weighted by molar-refractivity contribution is 6.35. The number of aryl methyl sites for hydroxylation is 1. The van der Waals surface area contributed by atoms with Crippen LogP contribution >= 0.6 is 11.6 Å². The van der Waals surface area contributed by atoms with Gasteiger partial charge in [-0.05, 0) is 66.5 Å². The highest BCUT2D eigenvalue weighted by Gasteiger charge is 2.30. The maximum Gasteiger partial charge on any atom is 0.244 e. The summed E-state index contributed by atoms with van der Waals surface area (Å²) in [7, 11) is 0. The zero-order chi connectivity index (χ0) is 26.6. The number of carbonyl (C=O) groups is 2. The van der Waals surface area contributed by atoms with E-state index in [1.165, 1.54) is 12.2 Å². The molecule has 1 fully saturated rings. The maximum atomic E-state index is 15.0. The van der Waals surface area contributed by atoms with Crippen LogP contribution in [-0.2, 0) is 20.9 Å². The summed E-state index contributed by atoms with van der Waals surface area (Å²) in [4.78, 5) is 30.9. The van der Waals surface area contributed by atoms with Crippen LogP contribution in [0, 0.1) is 12.8 Å². The number of benzene rings is 1. The molecule has 5 rings (SSSR count). The maximum absolute atomic E-state index is 15.0. The van der Waals surface area contributed by atoms with E-state index in [9.17, 15) is 9.59 Å². The molecule has 2 aliphatic rings. The number of allylic oxidation sites excluding steroid dienone is 3. The molecule has 2 amide bonds. The lowest BCUT2D eigenvalue weighted by molar-refractivity contribution is -0.138. The van der Waals surface area contributed by atoms with Crippen molar-refractivity contribution in [1.29, 1.82) is 0 Å². The molecule has 3 heterocycles. The topological polar surface area (TPSA) is 84.7 Å². The fourth-order valence-electron chi connectivity index (χ4n) is 4.49. The number of morpholine rings is 1. The molecule has 38 heavy (non-hydrogen) atoms. The van der Waals surface area contributed by atoms with Crippen molar-refractivity contribution in [3.63, 3.8) is 0 Å². The van der Waals surface area contributed by atoms with Gasteiger partial charge >= 0.3 is 0 Å². The minimum Gasteiger partial charge on any atom is -0.458 e. The molecule has 1 aromatic carbocycles. The highest BCUT2D eigenvalue weighted by atomic mass is 35.5. The van der Waals surface area contributed by atoms with Crippen LogP contribution in [0.2, 0.25) is 5.02 Å². The number of hydrogen-bond acceptors (Lipinski definition) is 5. The summed E-state index contributed by atoms with van der Waals surface area (Å²) in [6, 6.07) is 9.14. The first-order valence-corrected chi connectivity index (χ1v) is 12.8. The van der Waals surface area contributed by atoms with Crippen molar-refractivity contribution < 1.29 is 23.1 Å². The highest BCUT2D eigenvalue weighted by Crippen LogP contribution is 2.36. The van der Waals surface area contributed by atoms with E-state index in [1.807, 2.05) is 31.2 Å². The summed E-state index contributed by atoms with van der Waals surface area (Å²) in [6.45, 7) is 3.99. The van der Waals surface area contributed by atoms with Gasteiger partial charge in [-0.3, -0.25) is 14.6 Å². The smallest absolute Gasteiger partial charge is 0.244 e. The number of furan rings is 1. The SMILES string of the molecule is Cc1ccc(/C=C/C(=O)NCc2cc3cc(C4=CCC(C(=O)N5CCOCC5)C(F)=C4)cc(Cl)c3o2)cn1. The van der Waals surface area contributed by atoms with Gasteiger partial charge in [0.1, 0.15) is 11.6 Å². The molecule has 1 N–H and O–H groups in total. The molecule has 1 unspecified atom stereocenters. The molecular weight excluding hydrogens is 509 g/mol. The Morgan fingerprint density at radius 1 is 1.24 bits per heavy atom. The second kappa shape index (κ2) is 11.3. The number of ether oxygens (including phenoxy) is 1. The molecule has 0 bridgehead atoms. The lowest BCUT2D eigenvalue weighted by atomic mass is 9.90. The van der Waals surface area contributed by atoms with Gasteiger partial charge in [0.15, 0.2) is 5.58 Å². The third kappa shape index (κ3) is 5.87. The van der Waals surface area contributed by atoms with Crippen molar-refractivity contribution in [3.05, 3.63) is 88.2 Å². The van der Waals surface area contributed by atoms with Crippen molar-refractivity contribution in [2.24, 2.45) is 5.92 Å². The number of aromatic nitrogens is 1. The van der Waals surface area contributed by atoms with E-state index in [4.69, 9.17) is 20.8 Å². The third-order valence-corrected chi connectivity index (χ3v) is 6.85. The molecule has 1 atom stereocenters. The summed E-state index contributed by atoms with van der Waals surface area (Å²) in [5, 5.41) is 3.90. The van der Waals surface area contributed by atoms with Gasteiger partial charge in [-0.1, -0.05) is 23.7 Å². The standard InChI is InChI=1S/C29H27ClFN3O4/c1-18-2-3-19(16-32-18)4-7-27(35)33-17-23-13-22-12-21(14-25(30)28(22)38-23)20-5-6-24(26(31)15-20)29(36)34-8-10-37-11-9-34/h2-5,7,12-16,24H,6,8-11,17H2,1H3,(H,33,35)/b7-4+. The number of nitrogens with one attached hydrogen (secondary N) is 1. The average molecular weight is 536 g/mol. The number of halogens is 2. The van der Waals surface area contributed by atoms with E-state index in [0.29, 0.717) is 48.2 Å². The van der Waals surface area contributed by atoms with Gasteiger partial charge in [0.05, 0.1) is 30.7 Å². The van der Waals surface area contributed by atoms with Gasteiger partial charge in [-0.25, -0.2) is 4.39 Å². The van der Waals surface area contributed by atoms with E-state index in [2.05, 4.69) is 10.3 Å². The van der Waals surface area contributed by atoms with Crippen molar-refractivity contribution in [2.45, 2.75) is 19.9 Å². The Hall–Kier alpha value is -3.75. The van der Waals surface area contributed by atoms with Crippen LogP contribution in [0.5, 0.6) is 0 Å². The van der Waals surface area contributed by atoms with Gasteiger partial charge in [-0.2, -0.15) is 0 Å². The minimum absolute atomic E-state index is 0.179. The first kappa shape index (κ1) is 25.9. The number of rotatable bonds is 6. The van der Waals surface area contributed by atoms with E-state index in [-0.39, 0.29) is 24.8 Å². The quantitative estimate of drug-likeness (QED) is 0.437.